The molecule has 0 aliphatic heterocycles. The van der Waals surface area contributed by atoms with Crippen molar-refractivity contribution in [2.45, 2.75) is 6.42 Å². The second kappa shape index (κ2) is 6.31. The van der Waals surface area contributed by atoms with Crippen LogP contribution in [0.4, 0.5) is 18.9 Å². The van der Waals surface area contributed by atoms with Crippen LogP contribution in [0.25, 0.3) is 10.9 Å². The first kappa shape index (κ1) is 16.6. The minimum Gasteiger partial charge on any atom is -0.477 e. The lowest BCUT2D eigenvalue weighted by Gasteiger charge is -2.07. The maximum absolute atomic E-state index is 13.2. The molecule has 0 aliphatic rings. The minimum absolute atomic E-state index is 0.146. The number of amides is 1. The molecular weight excluding hydrogens is 337 g/mol. The molecule has 5 nitrogen and oxygen atoms in total. The molecule has 2 aromatic carbocycles. The number of nitrogens with one attached hydrogen (secondary N) is 2. The van der Waals surface area contributed by atoms with Crippen molar-refractivity contribution in [1.29, 1.82) is 0 Å². The number of carbonyl (C=O) groups is 2. The number of benzene rings is 2. The number of carboxylic acids is 1. The van der Waals surface area contributed by atoms with E-state index in [0.29, 0.717) is 23.0 Å². The lowest BCUT2D eigenvalue weighted by molar-refractivity contribution is -0.115. The molecule has 1 amide bonds. The van der Waals surface area contributed by atoms with Gasteiger partial charge in [-0.25, -0.2) is 18.0 Å². The summed E-state index contributed by atoms with van der Waals surface area (Å²) in [6, 6.07) is 7.99. The van der Waals surface area contributed by atoms with E-state index >= 15 is 0 Å². The van der Waals surface area contributed by atoms with Gasteiger partial charge in [-0.1, -0.05) is 18.2 Å². The maximum atomic E-state index is 13.2. The van der Waals surface area contributed by atoms with Crippen molar-refractivity contribution in [3.63, 3.8) is 0 Å². The maximum Gasteiger partial charge on any atom is 0.352 e. The second-order valence-corrected chi connectivity index (χ2v) is 5.31. The van der Waals surface area contributed by atoms with E-state index in [1.54, 1.807) is 24.3 Å². The van der Waals surface area contributed by atoms with Gasteiger partial charge in [0.2, 0.25) is 5.91 Å². The predicted octanol–water partition coefficient (Wildman–Crippen LogP) is 3.46. The molecule has 0 fully saturated rings. The molecule has 1 heterocycles. The number of halogens is 3. The topological polar surface area (TPSA) is 82.2 Å². The summed E-state index contributed by atoms with van der Waals surface area (Å²) in [5.41, 5.74) is 0.371. The van der Waals surface area contributed by atoms with E-state index in [9.17, 15) is 27.9 Å². The van der Waals surface area contributed by atoms with E-state index in [4.69, 9.17) is 0 Å². The molecule has 3 N–H and O–H groups in total. The molecule has 0 unspecified atom stereocenters. The quantitative estimate of drug-likeness (QED) is 0.632. The van der Waals surface area contributed by atoms with E-state index in [0.717, 1.165) is 0 Å². The number of carbonyl (C=O) groups excluding carboxylic acids is 1. The van der Waals surface area contributed by atoms with Gasteiger partial charge in [-0.05, 0) is 6.07 Å². The summed E-state index contributed by atoms with van der Waals surface area (Å²) in [7, 11) is 0. The van der Waals surface area contributed by atoms with Crippen molar-refractivity contribution >= 4 is 28.5 Å². The number of anilines is 1. The number of H-pyrrole nitrogens is 1. The third-order valence-electron chi connectivity index (χ3n) is 3.63. The summed E-state index contributed by atoms with van der Waals surface area (Å²) in [5, 5.41) is 12.0. The highest BCUT2D eigenvalue weighted by Gasteiger charge is 2.20. The first-order valence-corrected chi connectivity index (χ1v) is 7.14. The van der Waals surface area contributed by atoms with Gasteiger partial charge in [0.1, 0.15) is 5.69 Å². The average Bonchev–Trinajstić information content (AvgIpc) is 2.91. The summed E-state index contributed by atoms with van der Waals surface area (Å²) >= 11 is 0. The zero-order valence-electron chi connectivity index (χ0n) is 12.6. The van der Waals surface area contributed by atoms with Crippen molar-refractivity contribution < 1.29 is 27.9 Å². The third-order valence-corrected chi connectivity index (χ3v) is 3.63. The Balaban J connectivity index is 1.90. The predicted molar refractivity (Wildman–Crippen MR) is 83.9 cm³/mol. The highest BCUT2D eigenvalue weighted by atomic mass is 19.2. The smallest absolute Gasteiger partial charge is 0.352 e. The van der Waals surface area contributed by atoms with Gasteiger partial charge in [-0.2, -0.15) is 0 Å². The molecule has 8 heteroatoms. The number of fused-ring (bicyclic) bond motifs is 1. The third kappa shape index (κ3) is 3.18. The first-order chi connectivity index (χ1) is 11.9. The fourth-order valence-electron chi connectivity index (χ4n) is 2.56. The molecule has 0 bridgehead atoms. The molecule has 1 aromatic heterocycles. The van der Waals surface area contributed by atoms with Gasteiger partial charge < -0.3 is 15.4 Å². The Morgan fingerprint density at radius 1 is 1.08 bits per heavy atom. The van der Waals surface area contributed by atoms with E-state index in [-0.39, 0.29) is 23.4 Å². The Morgan fingerprint density at radius 2 is 1.72 bits per heavy atom. The van der Waals surface area contributed by atoms with Gasteiger partial charge in [0.15, 0.2) is 17.5 Å². The standard InChI is InChI=1S/C17H11F3N2O3/c18-11-5-8(6-12(19)15(11)20)21-14(23)7-10-9-3-1-2-4-13(9)22-16(10)17(24)25/h1-6,22H,7H2,(H,21,23)(H,24,25). The molecule has 0 atom stereocenters. The van der Waals surface area contributed by atoms with E-state index in [1.807, 2.05) is 0 Å². The number of rotatable bonds is 4. The van der Waals surface area contributed by atoms with Gasteiger partial charge >= 0.3 is 5.97 Å². The summed E-state index contributed by atoms with van der Waals surface area (Å²) in [4.78, 5) is 26.2. The minimum atomic E-state index is -1.64. The SMILES string of the molecule is O=C(Cc1c(C(=O)O)[nH]c2ccccc12)Nc1cc(F)c(F)c(F)c1. The molecule has 3 aromatic rings. The Hall–Kier alpha value is -3.29. The highest BCUT2D eigenvalue weighted by molar-refractivity contribution is 6.02. The number of hydrogen-bond donors (Lipinski definition) is 3. The normalized spacial score (nSPS) is 10.8. The van der Waals surface area contributed by atoms with Crippen LogP contribution in [0.3, 0.4) is 0 Å². The number of hydrogen-bond acceptors (Lipinski definition) is 2. The first-order valence-electron chi connectivity index (χ1n) is 7.14. The van der Waals surface area contributed by atoms with Crippen LogP contribution in [-0.4, -0.2) is 22.0 Å². The highest BCUT2D eigenvalue weighted by Crippen LogP contribution is 2.24. The van der Waals surface area contributed by atoms with Gasteiger partial charge in [0.05, 0.1) is 6.42 Å². The molecule has 0 saturated carbocycles. The second-order valence-electron chi connectivity index (χ2n) is 5.31. The van der Waals surface area contributed by atoms with Crippen molar-refractivity contribution in [1.82, 2.24) is 4.98 Å². The summed E-state index contributed by atoms with van der Waals surface area (Å²) in [5.74, 6) is -6.44. The molecule has 0 saturated heterocycles. The zero-order valence-corrected chi connectivity index (χ0v) is 12.6. The van der Waals surface area contributed by atoms with Crippen LogP contribution < -0.4 is 5.32 Å². The summed E-state index contributed by atoms with van der Waals surface area (Å²) < 4.78 is 39.3. The lowest BCUT2D eigenvalue weighted by atomic mass is 10.1. The van der Waals surface area contributed by atoms with Crippen molar-refractivity contribution in [3.05, 3.63) is 65.1 Å². The van der Waals surface area contributed by atoms with E-state index in [2.05, 4.69) is 10.3 Å². The van der Waals surface area contributed by atoms with Crippen LogP contribution in [0, 0.1) is 17.5 Å². The Morgan fingerprint density at radius 3 is 2.36 bits per heavy atom. The molecular formula is C17H11F3N2O3. The number of aromatic amines is 1. The van der Waals surface area contributed by atoms with E-state index < -0.39 is 29.3 Å². The molecule has 25 heavy (non-hydrogen) atoms. The van der Waals surface area contributed by atoms with Gasteiger partial charge in [-0.3, -0.25) is 4.79 Å². The summed E-state index contributed by atoms with van der Waals surface area (Å²) in [6.45, 7) is 0. The molecule has 0 spiro atoms. The van der Waals surface area contributed by atoms with E-state index in [1.165, 1.54) is 0 Å². The van der Waals surface area contributed by atoms with Crippen LogP contribution >= 0.6 is 0 Å². The van der Waals surface area contributed by atoms with Crippen molar-refractivity contribution in [3.8, 4) is 0 Å². The number of para-hydroxylation sites is 1. The number of aromatic carboxylic acids is 1. The molecule has 128 valence electrons. The van der Waals surface area contributed by atoms with Crippen LogP contribution in [0.5, 0.6) is 0 Å². The summed E-state index contributed by atoms with van der Waals surface area (Å²) in [6.07, 6.45) is -0.341. The van der Waals surface area contributed by atoms with Crippen LogP contribution in [0.15, 0.2) is 36.4 Å². The Labute approximate surface area is 139 Å². The van der Waals surface area contributed by atoms with Crippen molar-refractivity contribution in [2.24, 2.45) is 0 Å². The van der Waals surface area contributed by atoms with Gasteiger partial charge in [0, 0.05) is 34.3 Å². The number of carboxylic acid groups (broad SMARTS) is 1. The van der Waals surface area contributed by atoms with Gasteiger partial charge in [-0.15, -0.1) is 0 Å². The zero-order chi connectivity index (χ0) is 18.1. The Kier molecular flexibility index (Phi) is 4.18. The molecule has 0 radical (unpaired) electrons. The monoisotopic (exact) mass is 348 g/mol. The molecule has 3 rings (SSSR count). The largest absolute Gasteiger partial charge is 0.477 e. The fraction of sp³-hybridized carbons (Fsp3) is 0.0588. The lowest BCUT2D eigenvalue weighted by Crippen LogP contribution is -2.16. The fourth-order valence-corrected chi connectivity index (χ4v) is 2.56. The average molecular weight is 348 g/mol. The number of aromatic nitrogens is 1. The Bertz CT molecular complexity index is 975. The molecule has 0 aliphatic carbocycles. The van der Waals surface area contributed by atoms with Crippen LogP contribution in [-0.2, 0) is 11.2 Å². The van der Waals surface area contributed by atoms with Gasteiger partial charge in [0.25, 0.3) is 0 Å². The van der Waals surface area contributed by atoms with Crippen LogP contribution in [0.2, 0.25) is 0 Å². The van der Waals surface area contributed by atoms with Crippen LogP contribution in [0.1, 0.15) is 16.1 Å². The van der Waals surface area contributed by atoms with Crippen molar-refractivity contribution in [2.75, 3.05) is 5.32 Å².